The van der Waals surface area contributed by atoms with Crippen LogP contribution in [-0.2, 0) is 0 Å². The van der Waals surface area contributed by atoms with Gasteiger partial charge in [-0.1, -0.05) is 19.0 Å². The zero-order valence-electron chi connectivity index (χ0n) is 8.94. The van der Waals surface area contributed by atoms with E-state index in [-0.39, 0.29) is 0 Å². The molecule has 0 aromatic carbocycles. The SMILES string of the molecule is Cc1ncc(-c2noc(N)c2C(C)C)s1. The highest BCUT2D eigenvalue weighted by Gasteiger charge is 2.19. The van der Waals surface area contributed by atoms with Gasteiger partial charge in [-0.15, -0.1) is 11.3 Å². The number of thiazole rings is 1. The largest absolute Gasteiger partial charge is 0.367 e. The van der Waals surface area contributed by atoms with Crippen LogP contribution in [0.3, 0.4) is 0 Å². The van der Waals surface area contributed by atoms with Crippen molar-refractivity contribution in [3.05, 3.63) is 16.8 Å². The maximum Gasteiger partial charge on any atom is 0.226 e. The number of nitrogens with two attached hydrogens (primary N) is 1. The van der Waals surface area contributed by atoms with Crippen LogP contribution in [0.1, 0.15) is 30.3 Å². The minimum atomic E-state index is 0.300. The summed E-state index contributed by atoms with van der Waals surface area (Å²) >= 11 is 1.60. The fourth-order valence-electron chi connectivity index (χ4n) is 1.52. The molecule has 2 aromatic heterocycles. The molecule has 0 saturated carbocycles. The van der Waals surface area contributed by atoms with Gasteiger partial charge in [-0.25, -0.2) is 4.98 Å². The van der Waals surface area contributed by atoms with Crippen LogP contribution in [0.5, 0.6) is 0 Å². The molecule has 2 rings (SSSR count). The average molecular weight is 223 g/mol. The summed E-state index contributed by atoms with van der Waals surface area (Å²) in [5, 5.41) is 5.01. The fraction of sp³-hybridized carbons (Fsp3) is 0.400. The van der Waals surface area contributed by atoms with Gasteiger partial charge in [0.2, 0.25) is 5.88 Å². The second kappa shape index (κ2) is 3.66. The molecule has 4 nitrogen and oxygen atoms in total. The van der Waals surface area contributed by atoms with Crippen molar-refractivity contribution in [2.75, 3.05) is 5.73 Å². The summed E-state index contributed by atoms with van der Waals surface area (Å²) in [6.07, 6.45) is 1.81. The van der Waals surface area contributed by atoms with Crippen molar-refractivity contribution in [3.8, 4) is 10.6 Å². The van der Waals surface area contributed by atoms with Crippen LogP contribution in [-0.4, -0.2) is 10.1 Å². The predicted octanol–water partition coefficient (Wildman–Crippen LogP) is 2.81. The van der Waals surface area contributed by atoms with E-state index in [1.54, 1.807) is 11.3 Å². The van der Waals surface area contributed by atoms with Crippen LogP contribution in [0.15, 0.2) is 10.7 Å². The van der Waals surface area contributed by atoms with Crippen molar-refractivity contribution in [2.24, 2.45) is 0 Å². The average Bonchev–Trinajstić information content (AvgIpc) is 2.71. The van der Waals surface area contributed by atoms with Crippen molar-refractivity contribution in [1.82, 2.24) is 10.1 Å². The summed E-state index contributed by atoms with van der Waals surface area (Å²) in [6, 6.07) is 0. The van der Waals surface area contributed by atoms with Gasteiger partial charge in [-0.05, 0) is 12.8 Å². The van der Waals surface area contributed by atoms with Crippen LogP contribution < -0.4 is 5.73 Å². The molecule has 0 amide bonds. The highest BCUT2D eigenvalue weighted by atomic mass is 32.1. The highest BCUT2D eigenvalue weighted by Crippen LogP contribution is 2.35. The lowest BCUT2D eigenvalue weighted by atomic mass is 10.0. The van der Waals surface area contributed by atoms with Crippen molar-refractivity contribution in [1.29, 1.82) is 0 Å². The number of hydrogen-bond donors (Lipinski definition) is 1. The van der Waals surface area contributed by atoms with Gasteiger partial charge in [-0.2, -0.15) is 0 Å². The van der Waals surface area contributed by atoms with E-state index < -0.39 is 0 Å². The first-order chi connectivity index (χ1) is 7.09. The Hall–Kier alpha value is -1.36. The van der Waals surface area contributed by atoms with E-state index >= 15 is 0 Å². The Bertz CT molecular complexity index is 473. The summed E-state index contributed by atoms with van der Waals surface area (Å²) in [7, 11) is 0. The van der Waals surface area contributed by atoms with E-state index in [9.17, 15) is 0 Å². The highest BCUT2D eigenvalue weighted by molar-refractivity contribution is 7.15. The third-order valence-electron chi connectivity index (χ3n) is 2.19. The zero-order chi connectivity index (χ0) is 11.0. The molecule has 80 valence electrons. The molecule has 0 radical (unpaired) electrons. The molecule has 2 N–H and O–H groups in total. The number of rotatable bonds is 2. The van der Waals surface area contributed by atoms with Gasteiger partial charge in [0, 0.05) is 11.8 Å². The summed E-state index contributed by atoms with van der Waals surface area (Å²) in [5.74, 6) is 0.708. The molecule has 0 fully saturated rings. The first-order valence-electron chi connectivity index (χ1n) is 4.77. The van der Waals surface area contributed by atoms with Crippen LogP contribution in [0, 0.1) is 6.92 Å². The molecular weight excluding hydrogens is 210 g/mol. The predicted molar refractivity (Wildman–Crippen MR) is 60.8 cm³/mol. The molecule has 0 atom stereocenters. The topological polar surface area (TPSA) is 64.9 Å². The third-order valence-corrected chi connectivity index (χ3v) is 3.11. The van der Waals surface area contributed by atoms with Gasteiger partial charge in [0.25, 0.3) is 0 Å². The van der Waals surface area contributed by atoms with Crippen LogP contribution in [0.2, 0.25) is 0 Å². The van der Waals surface area contributed by atoms with Gasteiger partial charge in [0.15, 0.2) is 0 Å². The number of anilines is 1. The normalized spacial score (nSPS) is 11.2. The Morgan fingerprint density at radius 3 is 2.73 bits per heavy atom. The molecular formula is C10H13N3OS. The minimum absolute atomic E-state index is 0.300. The Balaban J connectivity index is 2.53. The number of aromatic nitrogens is 2. The van der Waals surface area contributed by atoms with E-state index in [1.165, 1.54) is 0 Å². The maximum atomic E-state index is 5.74. The third kappa shape index (κ3) is 1.74. The molecule has 0 spiro atoms. The molecule has 0 aliphatic carbocycles. The molecule has 0 aliphatic heterocycles. The molecule has 2 aromatic rings. The Kier molecular flexibility index (Phi) is 2.48. The van der Waals surface area contributed by atoms with Crippen LogP contribution in [0.25, 0.3) is 10.6 Å². The lowest BCUT2D eigenvalue weighted by Crippen LogP contribution is -1.93. The molecule has 0 saturated heterocycles. The quantitative estimate of drug-likeness (QED) is 0.850. The van der Waals surface area contributed by atoms with Gasteiger partial charge in [0.1, 0.15) is 5.69 Å². The van der Waals surface area contributed by atoms with Crippen LogP contribution in [0.4, 0.5) is 5.88 Å². The lowest BCUT2D eigenvalue weighted by molar-refractivity contribution is 0.438. The van der Waals surface area contributed by atoms with Gasteiger partial charge < -0.3 is 10.3 Å². The van der Waals surface area contributed by atoms with Crippen molar-refractivity contribution >= 4 is 17.2 Å². The molecule has 5 heteroatoms. The van der Waals surface area contributed by atoms with Gasteiger partial charge >= 0.3 is 0 Å². The number of hydrogen-bond acceptors (Lipinski definition) is 5. The summed E-state index contributed by atoms with van der Waals surface area (Å²) in [6.45, 7) is 6.10. The fourth-order valence-corrected chi connectivity index (χ4v) is 2.29. The first kappa shape index (κ1) is 10.2. The second-order valence-electron chi connectivity index (χ2n) is 3.71. The molecule has 0 bridgehead atoms. The van der Waals surface area contributed by atoms with Crippen LogP contribution >= 0.6 is 11.3 Å². The number of aryl methyl sites for hydroxylation is 1. The van der Waals surface area contributed by atoms with Crippen molar-refractivity contribution in [2.45, 2.75) is 26.7 Å². The molecule has 2 heterocycles. The van der Waals surface area contributed by atoms with Gasteiger partial charge in [0.05, 0.1) is 9.88 Å². The molecule has 15 heavy (non-hydrogen) atoms. The minimum Gasteiger partial charge on any atom is -0.367 e. The Morgan fingerprint density at radius 2 is 2.20 bits per heavy atom. The van der Waals surface area contributed by atoms with Gasteiger partial charge in [-0.3, -0.25) is 0 Å². The van der Waals surface area contributed by atoms with E-state index in [2.05, 4.69) is 24.0 Å². The number of nitrogens with zero attached hydrogens (tertiary/aromatic N) is 2. The van der Waals surface area contributed by atoms with E-state index in [4.69, 9.17) is 10.3 Å². The monoisotopic (exact) mass is 223 g/mol. The van der Waals surface area contributed by atoms with Crippen molar-refractivity contribution in [3.63, 3.8) is 0 Å². The smallest absolute Gasteiger partial charge is 0.226 e. The standard InChI is InChI=1S/C10H13N3OS/c1-5(2)8-9(13-14-10(8)11)7-4-12-6(3)15-7/h4-5H,11H2,1-3H3. The second-order valence-corrected chi connectivity index (χ2v) is 4.94. The Labute approximate surface area is 92.1 Å². The van der Waals surface area contributed by atoms with Crippen molar-refractivity contribution < 1.29 is 4.52 Å². The summed E-state index contributed by atoms with van der Waals surface area (Å²) in [5.41, 5.74) is 7.54. The molecule has 0 unspecified atom stereocenters. The molecule has 0 aliphatic rings. The zero-order valence-corrected chi connectivity index (χ0v) is 9.76. The summed E-state index contributed by atoms with van der Waals surface area (Å²) in [4.78, 5) is 5.21. The first-order valence-corrected chi connectivity index (χ1v) is 5.59. The van der Waals surface area contributed by atoms with E-state index in [1.807, 2.05) is 13.1 Å². The van der Waals surface area contributed by atoms with E-state index in [0.717, 1.165) is 21.1 Å². The maximum absolute atomic E-state index is 5.74. The Morgan fingerprint density at radius 1 is 1.47 bits per heavy atom. The summed E-state index contributed by atoms with van der Waals surface area (Å²) < 4.78 is 5.03. The van der Waals surface area contributed by atoms with E-state index in [0.29, 0.717) is 11.8 Å². The number of nitrogen functional groups attached to an aromatic ring is 1. The lowest BCUT2D eigenvalue weighted by Gasteiger charge is -2.02.